The Kier molecular flexibility index (Phi) is 3.63. The molecule has 3 N–H and O–H groups in total. The van der Waals surface area contributed by atoms with E-state index in [1.807, 2.05) is 10.7 Å². The quantitative estimate of drug-likeness (QED) is 0.874. The summed E-state index contributed by atoms with van der Waals surface area (Å²) in [4.78, 5) is 17.1. The lowest BCUT2D eigenvalue weighted by molar-refractivity contribution is 0.0956. The molecular formula is C15H21N5O. The number of amides is 1. The summed E-state index contributed by atoms with van der Waals surface area (Å²) < 4.78 is 1.88. The molecule has 0 aromatic carbocycles. The lowest BCUT2D eigenvalue weighted by Gasteiger charge is -2.10. The van der Waals surface area contributed by atoms with Crippen LogP contribution in [0.15, 0.2) is 12.3 Å². The van der Waals surface area contributed by atoms with Crippen molar-refractivity contribution in [3.05, 3.63) is 23.5 Å². The number of pyridine rings is 1. The molecule has 112 valence electrons. The summed E-state index contributed by atoms with van der Waals surface area (Å²) in [5.41, 5.74) is 7.91. The molecule has 1 fully saturated rings. The minimum Gasteiger partial charge on any atom is -0.351 e. The second-order valence-electron chi connectivity index (χ2n) is 5.83. The lowest BCUT2D eigenvalue weighted by Crippen LogP contribution is -2.29. The lowest BCUT2D eigenvalue weighted by atomic mass is 10.1. The highest BCUT2D eigenvalue weighted by molar-refractivity contribution is 6.05. The number of rotatable bonds is 5. The van der Waals surface area contributed by atoms with Crippen LogP contribution in [0.1, 0.15) is 54.7 Å². The summed E-state index contributed by atoms with van der Waals surface area (Å²) in [6, 6.07) is 2.13. The third-order valence-corrected chi connectivity index (χ3v) is 3.75. The number of nitrogens with one attached hydrogen (secondary N) is 1. The van der Waals surface area contributed by atoms with Crippen molar-refractivity contribution < 1.29 is 4.79 Å². The maximum absolute atomic E-state index is 12.4. The molecule has 6 nitrogen and oxygen atoms in total. The van der Waals surface area contributed by atoms with Crippen LogP contribution in [-0.2, 0) is 0 Å². The van der Waals surface area contributed by atoms with Gasteiger partial charge in [-0.2, -0.15) is 5.10 Å². The number of hydrogen-bond acceptors (Lipinski definition) is 4. The highest BCUT2D eigenvalue weighted by atomic mass is 16.1. The molecule has 0 saturated heterocycles. The zero-order valence-corrected chi connectivity index (χ0v) is 12.5. The van der Waals surface area contributed by atoms with E-state index in [-0.39, 0.29) is 11.9 Å². The minimum absolute atomic E-state index is 0.0990. The molecule has 3 rings (SSSR count). The van der Waals surface area contributed by atoms with Gasteiger partial charge in [0.2, 0.25) is 0 Å². The molecule has 0 atom stereocenters. The number of carbonyl (C=O) groups excluding carboxylic acids is 1. The Morgan fingerprint density at radius 1 is 1.52 bits per heavy atom. The van der Waals surface area contributed by atoms with Gasteiger partial charge in [0.15, 0.2) is 5.65 Å². The third kappa shape index (κ3) is 2.63. The topological polar surface area (TPSA) is 85.8 Å². The van der Waals surface area contributed by atoms with Crippen LogP contribution in [0.3, 0.4) is 0 Å². The average Bonchev–Trinajstić information content (AvgIpc) is 3.22. The van der Waals surface area contributed by atoms with Gasteiger partial charge in [-0.15, -0.1) is 0 Å². The van der Waals surface area contributed by atoms with E-state index in [0.717, 1.165) is 29.6 Å². The fourth-order valence-corrected chi connectivity index (χ4v) is 2.47. The number of carbonyl (C=O) groups is 1. The van der Waals surface area contributed by atoms with Crippen LogP contribution in [-0.4, -0.2) is 33.8 Å². The maximum atomic E-state index is 12.4. The van der Waals surface area contributed by atoms with Gasteiger partial charge in [-0.3, -0.25) is 4.79 Å². The van der Waals surface area contributed by atoms with Gasteiger partial charge in [0, 0.05) is 30.7 Å². The number of fused-ring (bicyclic) bond motifs is 1. The largest absolute Gasteiger partial charge is 0.351 e. The van der Waals surface area contributed by atoms with E-state index < -0.39 is 0 Å². The third-order valence-electron chi connectivity index (χ3n) is 3.75. The van der Waals surface area contributed by atoms with Crippen molar-refractivity contribution >= 4 is 16.9 Å². The Morgan fingerprint density at radius 2 is 2.29 bits per heavy atom. The van der Waals surface area contributed by atoms with Crippen molar-refractivity contribution in [3.63, 3.8) is 0 Å². The molecule has 21 heavy (non-hydrogen) atoms. The monoisotopic (exact) mass is 287 g/mol. The van der Waals surface area contributed by atoms with Gasteiger partial charge in [-0.25, -0.2) is 9.67 Å². The van der Waals surface area contributed by atoms with Crippen LogP contribution >= 0.6 is 0 Å². The van der Waals surface area contributed by atoms with Crippen molar-refractivity contribution in [1.29, 1.82) is 0 Å². The fraction of sp³-hybridized carbons (Fsp3) is 0.533. The average molecular weight is 287 g/mol. The molecule has 6 heteroatoms. The molecule has 2 aromatic rings. The maximum Gasteiger partial charge on any atom is 0.252 e. The van der Waals surface area contributed by atoms with Crippen molar-refractivity contribution in [2.24, 2.45) is 5.73 Å². The second-order valence-corrected chi connectivity index (χ2v) is 5.83. The number of aromatic nitrogens is 3. The van der Waals surface area contributed by atoms with Crippen molar-refractivity contribution in [1.82, 2.24) is 20.1 Å². The molecule has 1 aliphatic rings. The van der Waals surface area contributed by atoms with Crippen molar-refractivity contribution in [2.45, 2.75) is 38.6 Å². The summed E-state index contributed by atoms with van der Waals surface area (Å²) >= 11 is 0. The Hall–Kier alpha value is -1.95. The Labute approximate surface area is 123 Å². The highest BCUT2D eigenvalue weighted by Crippen LogP contribution is 2.40. The number of nitrogens with two attached hydrogens (primary N) is 1. The zero-order chi connectivity index (χ0) is 15.0. The van der Waals surface area contributed by atoms with Crippen molar-refractivity contribution in [2.75, 3.05) is 13.1 Å². The molecule has 2 heterocycles. The summed E-state index contributed by atoms with van der Waals surface area (Å²) in [5.74, 6) is 0.393. The van der Waals surface area contributed by atoms with E-state index in [4.69, 9.17) is 10.7 Å². The first-order valence-electron chi connectivity index (χ1n) is 7.48. The normalized spacial score (nSPS) is 14.9. The molecule has 2 aromatic heterocycles. The molecule has 1 saturated carbocycles. The highest BCUT2D eigenvalue weighted by Gasteiger charge is 2.28. The summed E-state index contributed by atoms with van der Waals surface area (Å²) in [5, 5.41) is 8.03. The first kappa shape index (κ1) is 14.0. The van der Waals surface area contributed by atoms with Crippen LogP contribution in [0.25, 0.3) is 11.0 Å². The van der Waals surface area contributed by atoms with Crippen LogP contribution in [0.4, 0.5) is 0 Å². The van der Waals surface area contributed by atoms with E-state index in [9.17, 15) is 4.79 Å². The van der Waals surface area contributed by atoms with E-state index >= 15 is 0 Å². The van der Waals surface area contributed by atoms with Gasteiger partial charge in [0.1, 0.15) is 0 Å². The van der Waals surface area contributed by atoms with Gasteiger partial charge in [0.25, 0.3) is 5.91 Å². The standard InChI is InChI=1S/C15H21N5O/c1-9(2)20-14-12(8-18-20)11(15(21)17-6-5-16)7-13(19-14)10-3-4-10/h7-10H,3-6,16H2,1-2H3,(H,17,21). The Balaban J connectivity index is 2.10. The van der Waals surface area contributed by atoms with E-state index in [2.05, 4.69) is 24.3 Å². The minimum atomic E-state index is -0.0990. The van der Waals surface area contributed by atoms with E-state index in [0.29, 0.717) is 24.6 Å². The van der Waals surface area contributed by atoms with Crippen LogP contribution in [0.5, 0.6) is 0 Å². The fourth-order valence-electron chi connectivity index (χ4n) is 2.47. The second kappa shape index (κ2) is 5.44. The Morgan fingerprint density at radius 3 is 2.90 bits per heavy atom. The van der Waals surface area contributed by atoms with Crippen LogP contribution < -0.4 is 11.1 Å². The van der Waals surface area contributed by atoms with Crippen LogP contribution in [0, 0.1) is 0 Å². The zero-order valence-electron chi connectivity index (χ0n) is 12.5. The van der Waals surface area contributed by atoms with Crippen molar-refractivity contribution in [3.8, 4) is 0 Å². The van der Waals surface area contributed by atoms with E-state index in [1.165, 1.54) is 0 Å². The molecule has 0 bridgehead atoms. The predicted molar refractivity (Wildman–Crippen MR) is 81.3 cm³/mol. The molecule has 0 radical (unpaired) electrons. The van der Waals surface area contributed by atoms with Gasteiger partial charge in [-0.05, 0) is 32.8 Å². The van der Waals surface area contributed by atoms with E-state index in [1.54, 1.807) is 6.20 Å². The van der Waals surface area contributed by atoms with Gasteiger partial charge >= 0.3 is 0 Å². The van der Waals surface area contributed by atoms with Crippen LogP contribution in [0.2, 0.25) is 0 Å². The summed E-state index contributed by atoms with van der Waals surface area (Å²) in [6.07, 6.45) is 4.03. The molecule has 1 aliphatic carbocycles. The molecule has 0 spiro atoms. The molecular weight excluding hydrogens is 266 g/mol. The first-order chi connectivity index (χ1) is 10.1. The SMILES string of the molecule is CC(C)n1ncc2c(C(=O)NCCN)cc(C3CC3)nc21. The number of hydrogen-bond donors (Lipinski definition) is 2. The summed E-state index contributed by atoms with van der Waals surface area (Å²) in [6.45, 7) is 5.03. The number of nitrogens with zero attached hydrogens (tertiary/aromatic N) is 3. The summed E-state index contributed by atoms with van der Waals surface area (Å²) in [7, 11) is 0. The van der Waals surface area contributed by atoms with Gasteiger partial charge in [0.05, 0.1) is 17.1 Å². The molecule has 1 amide bonds. The smallest absolute Gasteiger partial charge is 0.252 e. The van der Waals surface area contributed by atoms with Gasteiger partial charge < -0.3 is 11.1 Å². The predicted octanol–water partition coefficient (Wildman–Crippen LogP) is 1.58. The molecule has 0 aliphatic heterocycles. The molecule has 0 unspecified atom stereocenters. The van der Waals surface area contributed by atoms with Gasteiger partial charge in [-0.1, -0.05) is 0 Å². The first-order valence-corrected chi connectivity index (χ1v) is 7.48. The Bertz CT molecular complexity index is 672.